The average molecular weight is 420 g/mol. The number of nitrogens with one attached hydrogen (secondary N) is 1. The molecule has 0 aliphatic heterocycles. The number of para-hydroxylation sites is 2. The summed E-state index contributed by atoms with van der Waals surface area (Å²) in [6, 6.07) is 15.2. The topological polar surface area (TPSA) is 104 Å². The highest BCUT2D eigenvalue weighted by Gasteiger charge is 2.18. The van der Waals surface area contributed by atoms with E-state index in [1.54, 1.807) is 29.9 Å². The van der Waals surface area contributed by atoms with Crippen LogP contribution >= 0.6 is 0 Å². The van der Waals surface area contributed by atoms with Crippen LogP contribution in [0, 0.1) is 0 Å². The number of amides is 1. The minimum Gasteiger partial charge on any atom is -0.465 e. The van der Waals surface area contributed by atoms with Crippen molar-refractivity contribution in [2.24, 2.45) is 0 Å². The van der Waals surface area contributed by atoms with Gasteiger partial charge in [0, 0.05) is 25.4 Å². The number of carbonyl (C=O) groups excluding carboxylic acids is 2. The van der Waals surface area contributed by atoms with Gasteiger partial charge >= 0.3 is 5.97 Å². The normalized spacial score (nSPS) is 11.0. The lowest BCUT2D eigenvalue weighted by molar-refractivity contribution is 0.0600. The molecule has 0 aliphatic rings. The summed E-state index contributed by atoms with van der Waals surface area (Å²) in [4.78, 5) is 37.6. The van der Waals surface area contributed by atoms with Crippen LogP contribution in [0.3, 0.4) is 0 Å². The second kappa shape index (κ2) is 8.41. The third kappa shape index (κ3) is 3.78. The van der Waals surface area contributed by atoms with E-state index in [-0.39, 0.29) is 16.8 Å². The van der Waals surface area contributed by atoms with Crippen molar-refractivity contribution >= 4 is 34.1 Å². The molecule has 1 N–H and O–H groups in total. The van der Waals surface area contributed by atoms with Gasteiger partial charge in [-0.2, -0.15) is 5.10 Å². The molecule has 0 spiro atoms. The van der Waals surface area contributed by atoms with Crippen LogP contribution in [0.2, 0.25) is 0 Å². The molecule has 0 saturated carbocycles. The molecule has 2 aromatic heterocycles. The number of fused-ring (bicyclic) bond motifs is 3. The van der Waals surface area contributed by atoms with Gasteiger partial charge in [-0.15, -0.1) is 0 Å². The first-order valence-corrected chi connectivity index (χ1v) is 9.53. The number of esters is 1. The Bertz CT molecular complexity index is 1360. The Morgan fingerprint density at radius 2 is 1.77 bits per heavy atom. The molecule has 0 unspecified atom stereocenters. The fraction of sp³-hybridized carbons (Fsp3) is 0.182. The Balaban J connectivity index is 1.75. The molecule has 4 aromatic rings. The Morgan fingerprint density at radius 1 is 1.00 bits per heavy atom. The minimum absolute atomic E-state index is 0.0789. The number of rotatable bonds is 6. The summed E-state index contributed by atoms with van der Waals surface area (Å²) in [5, 5.41) is 7.06. The minimum atomic E-state index is -0.507. The first-order chi connectivity index (χ1) is 15.0. The predicted molar refractivity (Wildman–Crippen MR) is 115 cm³/mol. The predicted octanol–water partition coefficient (Wildman–Crippen LogP) is 2.33. The molecule has 9 heteroatoms. The van der Waals surface area contributed by atoms with E-state index in [4.69, 9.17) is 9.47 Å². The standard InChI is InChI=1S/C22H20N4O5/c1-30-11-10-25-17-8-3-4-9-18(17)26-19(21(25)28)13-16(24-26)20(27)23-15-7-5-6-14(12-15)22(29)31-2/h3-9,12-13H,10-11H2,1-2H3,(H,23,27). The second-order valence-electron chi connectivity index (χ2n) is 6.79. The van der Waals surface area contributed by atoms with Crippen LogP contribution in [0.15, 0.2) is 59.4 Å². The van der Waals surface area contributed by atoms with E-state index < -0.39 is 11.9 Å². The number of carbonyl (C=O) groups is 2. The van der Waals surface area contributed by atoms with Crippen LogP contribution in [0.5, 0.6) is 0 Å². The van der Waals surface area contributed by atoms with Gasteiger partial charge in [-0.3, -0.25) is 9.59 Å². The van der Waals surface area contributed by atoms with Crippen LogP contribution < -0.4 is 10.9 Å². The highest BCUT2D eigenvalue weighted by Crippen LogP contribution is 2.17. The van der Waals surface area contributed by atoms with Gasteiger partial charge in [-0.1, -0.05) is 18.2 Å². The highest BCUT2D eigenvalue weighted by molar-refractivity contribution is 6.04. The van der Waals surface area contributed by atoms with E-state index in [2.05, 4.69) is 10.4 Å². The maximum absolute atomic E-state index is 13.1. The van der Waals surface area contributed by atoms with Gasteiger partial charge in [0.05, 0.1) is 30.3 Å². The number of benzene rings is 2. The molecule has 0 fully saturated rings. The van der Waals surface area contributed by atoms with E-state index in [0.717, 1.165) is 0 Å². The quantitative estimate of drug-likeness (QED) is 0.480. The van der Waals surface area contributed by atoms with Crippen LogP contribution in [-0.2, 0) is 16.0 Å². The van der Waals surface area contributed by atoms with Crippen molar-refractivity contribution in [3.8, 4) is 0 Å². The van der Waals surface area contributed by atoms with Gasteiger partial charge in [0.1, 0.15) is 5.52 Å². The molecule has 31 heavy (non-hydrogen) atoms. The van der Waals surface area contributed by atoms with Crippen LogP contribution in [0.4, 0.5) is 5.69 Å². The summed E-state index contributed by atoms with van der Waals surface area (Å²) in [6.07, 6.45) is 0. The Labute approximate surface area is 176 Å². The van der Waals surface area contributed by atoms with E-state index >= 15 is 0 Å². The molecule has 0 aliphatic carbocycles. The van der Waals surface area contributed by atoms with Crippen molar-refractivity contribution in [3.63, 3.8) is 0 Å². The zero-order valence-electron chi connectivity index (χ0n) is 17.0. The lowest BCUT2D eigenvalue weighted by Crippen LogP contribution is -2.24. The summed E-state index contributed by atoms with van der Waals surface area (Å²) < 4.78 is 12.9. The van der Waals surface area contributed by atoms with Gasteiger partial charge in [-0.25, -0.2) is 9.31 Å². The number of aromatic nitrogens is 3. The molecule has 1 amide bonds. The Kier molecular flexibility index (Phi) is 5.50. The first kappa shape index (κ1) is 20.3. The molecule has 4 rings (SSSR count). The molecule has 2 aromatic carbocycles. The smallest absolute Gasteiger partial charge is 0.337 e. The lowest BCUT2D eigenvalue weighted by atomic mass is 10.2. The lowest BCUT2D eigenvalue weighted by Gasteiger charge is -2.11. The number of ether oxygens (including phenoxy) is 2. The monoisotopic (exact) mass is 420 g/mol. The molecular weight excluding hydrogens is 400 g/mol. The van der Waals surface area contributed by atoms with E-state index in [0.29, 0.717) is 35.4 Å². The van der Waals surface area contributed by atoms with Gasteiger partial charge in [0.2, 0.25) is 0 Å². The Morgan fingerprint density at radius 3 is 2.52 bits per heavy atom. The fourth-order valence-electron chi connectivity index (χ4n) is 3.39. The van der Waals surface area contributed by atoms with Gasteiger partial charge in [-0.05, 0) is 30.3 Å². The van der Waals surface area contributed by atoms with Crippen molar-refractivity contribution in [2.45, 2.75) is 6.54 Å². The van der Waals surface area contributed by atoms with Gasteiger partial charge in [0.15, 0.2) is 5.69 Å². The molecule has 9 nitrogen and oxygen atoms in total. The van der Waals surface area contributed by atoms with E-state index in [1.165, 1.54) is 23.8 Å². The zero-order chi connectivity index (χ0) is 22.0. The molecule has 0 atom stereocenters. The van der Waals surface area contributed by atoms with Crippen LogP contribution in [0.1, 0.15) is 20.8 Å². The van der Waals surface area contributed by atoms with E-state index in [1.807, 2.05) is 24.3 Å². The molecular formula is C22H20N4O5. The van der Waals surface area contributed by atoms with Crippen molar-refractivity contribution in [3.05, 3.63) is 76.2 Å². The van der Waals surface area contributed by atoms with Crippen molar-refractivity contribution in [1.29, 1.82) is 0 Å². The number of hydrogen-bond donors (Lipinski definition) is 1. The maximum Gasteiger partial charge on any atom is 0.337 e. The summed E-state index contributed by atoms with van der Waals surface area (Å²) in [6.45, 7) is 0.747. The van der Waals surface area contributed by atoms with Gasteiger partial charge in [0.25, 0.3) is 11.5 Å². The van der Waals surface area contributed by atoms with E-state index in [9.17, 15) is 14.4 Å². The summed E-state index contributed by atoms with van der Waals surface area (Å²) >= 11 is 0. The molecule has 0 saturated heterocycles. The summed E-state index contributed by atoms with van der Waals surface area (Å²) in [5.74, 6) is -1.01. The Hall–Kier alpha value is -3.98. The second-order valence-corrected chi connectivity index (χ2v) is 6.79. The highest BCUT2D eigenvalue weighted by atomic mass is 16.5. The summed E-state index contributed by atoms with van der Waals surface area (Å²) in [5.41, 5.74) is 2.20. The average Bonchev–Trinajstić information content (AvgIpc) is 3.25. The van der Waals surface area contributed by atoms with Crippen molar-refractivity contribution in [2.75, 3.05) is 26.1 Å². The first-order valence-electron chi connectivity index (χ1n) is 9.53. The number of methoxy groups -OCH3 is 2. The third-order valence-electron chi connectivity index (χ3n) is 4.87. The zero-order valence-corrected chi connectivity index (χ0v) is 17.0. The molecule has 0 bridgehead atoms. The van der Waals surface area contributed by atoms with Crippen LogP contribution in [-0.4, -0.2) is 46.9 Å². The molecule has 2 heterocycles. The number of anilines is 1. The third-order valence-corrected chi connectivity index (χ3v) is 4.87. The number of hydrogen-bond acceptors (Lipinski definition) is 6. The maximum atomic E-state index is 13.1. The fourth-order valence-corrected chi connectivity index (χ4v) is 3.39. The molecule has 0 radical (unpaired) electrons. The largest absolute Gasteiger partial charge is 0.465 e. The SMILES string of the molecule is COCCn1c(=O)c2cc(C(=O)Nc3cccc(C(=O)OC)c3)nn2c2ccccc21. The van der Waals surface area contributed by atoms with Crippen LogP contribution in [0.25, 0.3) is 16.6 Å². The van der Waals surface area contributed by atoms with Crippen molar-refractivity contribution < 1.29 is 19.1 Å². The van der Waals surface area contributed by atoms with Crippen molar-refractivity contribution in [1.82, 2.24) is 14.2 Å². The number of nitrogens with zero attached hydrogens (tertiary/aromatic N) is 3. The molecule has 158 valence electrons. The van der Waals surface area contributed by atoms with Gasteiger partial charge < -0.3 is 19.4 Å². The summed E-state index contributed by atoms with van der Waals surface area (Å²) in [7, 11) is 2.86.